The first-order chi connectivity index (χ1) is 19.9. The smallest absolute Gasteiger partial charge is 0.416 e. The van der Waals surface area contributed by atoms with Crippen molar-refractivity contribution in [2.45, 2.75) is 63.8 Å². The number of methoxy groups -OCH3 is 1. The Hall–Kier alpha value is -4.06. The minimum atomic E-state index is -4.75. The highest BCUT2D eigenvalue weighted by molar-refractivity contribution is 7.92. The molecule has 3 aromatic carbocycles. The van der Waals surface area contributed by atoms with Crippen LogP contribution in [0, 0.1) is 6.92 Å². The van der Waals surface area contributed by atoms with Crippen molar-refractivity contribution in [2.24, 2.45) is 0 Å². The van der Waals surface area contributed by atoms with E-state index in [9.17, 15) is 31.2 Å². The van der Waals surface area contributed by atoms with E-state index in [0.29, 0.717) is 21.7 Å². The Labute approximate surface area is 250 Å². The molecule has 2 amide bonds. The number of rotatable bonds is 10. The number of ether oxygens (including phenoxy) is 1. The zero-order valence-electron chi connectivity index (χ0n) is 24.9. The van der Waals surface area contributed by atoms with Crippen LogP contribution in [0.25, 0.3) is 0 Å². The molecule has 12 heteroatoms. The third-order valence-corrected chi connectivity index (χ3v) is 8.29. The summed E-state index contributed by atoms with van der Waals surface area (Å²) in [6, 6.07) is 15.2. The Morgan fingerprint density at radius 1 is 0.953 bits per heavy atom. The van der Waals surface area contributed by atoms with Crippen LogP contribution in [-0.2, 0) is 32.3 Å². The maximum Gasteiger partial charge on any atom is 0.416 e. The van der Waals surface area contributed by atoms with Gasteiger partial charge >= 0.3 is 6.18 Å². The molecular weight excluding hydrogens is 583 g/mol. The van der Waals surface area contributed by atoms with Gasteiger partial charge in [0.2, 0.25) is 11.8 Å². The molecule has 0 bridgehead atoms. The molecule has 0 saturated heterocycles. The lowest BCUT2D eigenvalue weighted by Gasteiger charge is -2.33. The molecule has 43 heavy (non-hydrogen) atoms. The maximum absolute atomic E-state index is 14.0. The lowest BCUT2D eigenvalue weighted by atomic mass is 10.1. The quantitative estimate of drug-likeness (QED) is 0.321. The highest BCUT2D eigenvalue weighted by atomic mass is 32.2. The van der Waals surface area contributed by atoms with E-state index in [2.05, 4.69) is 5.32 Å². The first kappa shape index (κ1) is 33.4. The van der Waals surface area contributed by atoms with E-state index in [1.54, 1.807) is 64.1 Å². The minimum Gasteiger partial charge on any atom is -0.497 e. The van der Waals surface area contributed by atoms with Crippen LogP contribution in [0.2, 0.25) is 0 Å². The summed E-state index contributed by atoms with van der Waals surface area (Å²) in [4.78, 5) is 28.2. The van der Waals surface area contributed by atoms with Gasteiger partial charge < -0.3 is 15.0 Å². The lowest BCUT2D eigenvalue weighted by molar-refractivity contribution is -0.140. The van der Waals surface area contributed by atoms with Gasteiger partial charge in [0.05, 0.1) is 23.3 Å². The second-order valence-electron chi connectivity index (χ2n) is 11.2. The van der Waals surface area contributed by atoms with Crippen molar-refractivity contribution in [2.75, 3.05) is 18.0 Å². The molecule has 0 spiro atoms. The SMILES string of the molecule is COc1cccc(CN(C(=O)CN(c2cccc(C(F)(F)F)c2)S(=O)(=O)c2ccc(C)cc2)C(C)C(=O)NC(C)(C)C)c1. The highest BCUT2D eigenvalue weighted by Crippen LogP contribution is 2.33. The molecule has 0 saturated carbocycles. The molecule has 3 rings (SSSR count). The average Bonchev–Trinajstić information content (AvgIpc) is 2.93. The van der Waals surface area contributed by atoms with Crippen LogP contribution in [-0.4, -0.2) is 50.4 Å². The summed E-state index contributed by atoms with van der Waals surface area (Å²) >= 11 is 0. The molecule has 1 N–H and O–H groups in total. The van der Waals surface area contributed by atoms with E-state index in [1.807, 2.05) is 0 Å². The average molecular weight is 620 g/mol. The third kappa shape index (κ3) is 8.73. The summed E-state index contributed by atoms with van der Waals surface area (Å²) in [6.45, 7) is 7.61. The Morgan fingerprint density at radius 2 is 1.58 bits per heavy atom. The van der Waals surface area contributed by atoms with E-state index < -0.39 is 51.7 Å². The van der Waals surface area contributed by atoms with Crippen molar-refractivity contribution < 1.29 is 35.9 Å². The molecule has 3 aromatic rings. The first-order valence-electron chi connectivity index (χ1n) is 13.4. The van der Waals surface area contributed by atoms with Gasteiger partial charge in [-0.3, -0.25) is 13.9 Å². The monoisotopic (exact) mass is 619 g/mol. The number of carbonyl (C=O) groups is 2. The number of hydrogen-bond donors (Lipinski definition) is 1. The van der Waals surface area contributed by atoms with Crippen LogP contribution in [0.1, 0.15) is 44.4 Å². The van der Waals surface area contributed by atoms with E-state index in [4.69, 9.17) is 4.74 Å². The number of halogens is 3. The van der Waals surface area contributed by atoms with Gasteiger partial charge in [-0.1, -0.05) is 35.9 Å². The third-order valence-electron chi connectivity index (χ3n) is 6.50. The summed E-state index contributed by atoms with van der Waals surface area (Å²) in [5.41, 5.74) is -0.696. The van der Waals surface area contributed by atoms with Crippen LogP contribution in [0.4, 0.5) is 18.9 Å². The topological polar surface area (TPSA) is 96.0 Å². The van der Waals surface area contributed by atoms with Crippen molar-refractivity contribution in [3.05, 3.63) is 89.5 Å². The molecule has 0 aliphatic heterocycles. The maximum atomic E-state index is 14.0. The molecule has 0 aromatic heterocycles. The van der Waals surface area contributed by atoms with Gasteiger partial charge in [0.25, 0.3) is 10.0 Å². The van der Waals surface area contributed by atoms with E-state index in [-0.39, 0.29) is 17.1 Å². The van der Waals surface area contributed by atoms with Crippen LogP contribution in [0.5, 0.6) is 5.75 Å². The van der Waals surface area contributed by atoms with Gasteiger partial charge in [-0.2, -0.15) is 13.2 Å². The van der Waals surface area contributed by atoms with E-state index >= 15 is 0 Å². The van der Waals surface area contributed by atoms with Crippen molar-refractivity contribution >= 4 is 27.5 Å². The fourth-order valence-corrected chi connectivity index (χ4v) is 5.63. The molecule has 1 unspecified atom stereocenters. The molecule has 0 aliphatic rings. The zero-order chi connectivity index (χ0) is 32.2. The van der Waals surface area contributed by atoms with Gasteiger partial charge in [-0.25, -0.2) is 8.42 Å². The number of benzene rings is 3. The van der Waals surface area contributed by atoms with Crippen molar-refractivity contribution in [3.63, 3.8) is 0 Å². The summed E-state index contributed by atoms with van der Waals surface area (Å²) in [5, 5.41) is 2.82. The van der Waals surface area contributed by atoms with Crippen LogP contribution in [0.15, 0.2) is 77.7 Å². The summed E-state index contributed by atoms with van der Waals surface area (Å²) < 4.78 is 74.5. The van der Waals surface area contributed by atoms with Crippen molar-refractivity contribution in [3.8, 4) is 5.75 Å². The van der Waals surface area contributed by atoms with Crippen molar-refractivity contribution in [1.82, 2.24) is 10.2 Å². The lowest BCUT2D eigenvalue weighted by Crippen LogP contribution is -2.54. The Balaban J connectivity index is 2.11. The first-order valence-corrected chi connectivity index (χ1v) is 14.9. The van der Waals surface area contributed by atoms with Crippen LogP contribution < -0.4 is 14.4 Å². The largest absolute Gasteiger partial charge is 0.497 e. The number of carbonyl (C=O) groups excluding carboxylic acids is 2. The Bertz CT molecular complexity index is 1550. The predicted octanol–water partition coefficient (Wildman–Crippen LogP) is 5.55. The second kappa shape index (κ2) is 13.1. The van der Waals surface area contributed by atoms with Gasteiger partial charge in [0.15, 0.2) is 0 Å². The highest BCUT2D eigenvalue weighted by Gasteiger charge is 2.35. The fourth-order valence-electron chi connectivity index (χ4n) is 4.23. The summed E-state index contributed by atoms with van der Waals surface area (Å²) in [5.74, 6) is -0.785. The number of anilines is 1. The van der Waals surface area contributed by atoms with Gasteiger partial charge in [0, 0.05) is 12.1 Å². The van der Waals surface area contributed by atoms with Gasteiger partial charge in [-0.15, -0.1) is 0 Å². The van der Waals surface area contributed by atoms with E-state index in [0.717, 1.165) is 17.7 Å². The molecule has 8 nitrogen and oxygen atoms in total. The number of aryl methyl sites for hydroxylation is 1. The molecule has 1 atom stereocenters. The predicted molar refractivity (Wildman–Crippen MR) is 158 cm³/mol. The molecule has 0 heterocycles. The number of nitrogens with zero attached hydrogens (tertiary/aromatic N) is 2. The van der Waals surface area contributed by atoms with Gasteiger partial charge in [0.1, 0.15) is 18.3 Å². The molecule has 0 fully saturated rings. The minimum absolute atomic E-state index is 0.101. The Morgan fingerprint density at radius 3 is 2.16 bits per heavy atom. The van der Waals surface area contributed by atoms with Gasteiger partial charge in [-0.05, 0) is 82.6 Å². The fraction of sp³-hybridized carbons (Fsp3) is 0.355. The number of nitrogens with one attached hydrogen (secondary N) is 1. The standard InChI is InChI=1S/C31H36F3N3O5S/c1-21-13-15-27(16-14-21)43(40,41)37(25-11-8-10-24(18-25)31(32,33)34)20-28(38)36(22(2)29(39)35-30(3,4)5)19-23-9-7-12-26(17-23)42-6/h7-18,22H,19-20H2,1-6H3,(H,35,39). The second-order valence-corrected chi connectivity index (χ2v) is 13.0. The zero-order valence-corrected chi connectivity index (χ0v) is 25.7. The van der Waals surface area contributed by atoms with Crippen LogP contribution in [0.3, 0.4) is 0 Å². The molecule has 232 valence electrons. The number of alkyl halides is 3. The number of amides is 2. The summed E-state index contributed by atoms with van der Waals surface area (Å²) in [6.07, 6.45) is -4.75. The van der Waals surface area contributed by atoms with Crippen molar-refractivity contribution in [1.29, 1.82) is 0 Å². The molecule has 0 aliphatic carbocycles. The van der Waals surface area contributed by atoms with E-state index in [1.165, 1.54) is 37.1 Å². The number of sulfonamides is 1. The number of hydrogen-bond acceptors (Lipinski definition) is 5. The van der Waals surface area contributed by atoms with Crippen LogP contribution >= 0.6 is 0 Å². The summed E-state index contributed by atoms with van der Waals surface area (Å²) in [7, 11) is -3.05. The molecular formula is C31H36F3N3O5S. The Kier molecular flexibility index (Phi) is 10.2. The normalized spacial score (nSPS) is 12.8. The molecule has 0 radical (unpaired) electrons.